The molecule has 4 heteroatoms. The van der Waals surface area contributed by atoms with Gasteiger partial charge in [-0.05, 0) is 0 Å². The molecule has 0 bridgehead atoms. The maximum atomic E-state index is 9.42. The average Bonchev–Trinajstić information content (AvgIpc) is 1.35. The average molecular weight is 108 g/mol. The van der Waals surface area contributed by atoms with E-state index < -0.39 is 10.3 Å². The molecule has 0 fully saturated rings. The fourth-order valence-electron chi connectivity index (χ4n) is 0.0786. The number of hydrogen-bond donors (Lipinski definition) is 0. The first-order chi connectivity index (χ1) is 2.77. The van der Waals surface area contributed by atoms with Crippen molar-refractivity contribution in [3.63, 3.8) is 0 Å². The van der Waals surface area contributed by atoms with Crippen LogP contribution in [-0.2, 0) is 15.0 Å². The Kier molecular flexibility index (Phi) is 2.70. The molecule has 0 rings (SSSR count). The minimum atomic E-state index is -2.16. The smallest absolute Gasteiger partial charge is 0.237 e. The van der Waals surface area contributed by atoms with Crippen LogP contribution in [0.25, 0.3) is 0 Å². The van der Waals surface area contributed by atoms with E-state index in [1.165, 1.54) is 7.11 Å². The summed E-state index contributed by atoms with van der Waals surface area (Å²) in [7, 11) is -0.889. The van der Waals surface area contributed by atoms with Crippen LogP contribution in [0.2, 0.25) is 0 Å². The van der Waals surface area contributed by atoms with Gasteiger partial charge in [0.25, 0.3) is 0 Å². The summed E-state index contributed by atoms with van der Waals surface area (Å²) in [6.45, 7) is 0. The molecule has 0 amide bonds. The molecular formula is C2H4O3S. The lowest BCUT2D eigenvalue weighted by molar-refractivity contribution is 0.430. The zero-order valence-corrected chi connectivity index (χ0v) is 4.03. The highest BCUT2D eigenvalue weighted by atomic mass is 32.2. The summed E-state index contributed by atoms with van der Waals surface area (Å²) in [5.74, 6) is 0. The lowest BCUT2D eigenvalue weighted by atomic mass is 11.5. The van der Waals surface area contributed by atoms with Gasteiger partial charge in [-0.1, -0.05) is 0 Å². The van der Waals surface area contributed by atoms with Crippen LogP contribution in [0.4, 0.5) is 0 Å². The van der Waals surface area contributed by atoms with Crippen LogP contribution < -0.4 is 0 Å². The molecule has 0 aliphatic rings. The van der Waals surface area contributed by atoms with Crippen molar-refractivity contribution >= 4 is 15.8 Å². The topological polar surface area (TPSA) is 43.4 Å². The van der Waals surface area contributed by atoms with Crippen LogP contribution in [0.1, 0.15) is 0 Å². The number of methoxy groups -OCH3 is 1. The zero-order valence-electron chi connectivity index (χ0n) is 3.21. The van der Waals surface area contributed by atoms with Gasteiger partial charge < -0.3 is 4.74 Å². The summed E-state index contributed by atoms with van der Waals surface area (Å²) in [6, 6.07) is 0. The van der Waals surface area contributed by atoms with E-state index in [1.54, 1.807) is 0 Å². The Morgan fingerprint density at radius 3 is 2.17 bits per heavy atom. The standard InChI is InChI=1S/C2H4O3S/c1-5-2-6(3)4/h2H,1H3. The molecule has 0 aliphatic heterocycles. The Labute approximate surface area is 37.1 Å². The first kappa shape index (κ1) is 5.65. The molecule has 0 aliphatic carbocycles. The minimum Gasteiger partial charge on any atom is -0.342 e. The minimum absolute atomic E-state index is 0.708. The maximum Gasteiger partial charge on any atom is 0.237 e. The third-order valence-electron chi connectivity index (χ3n) is 0.175. The lowest BCUT2D eigenvalue weighted by Crippen LogP contribution is -1.74. The number of ether oxygens (including phenoxy) is 1. The summed E-state index contributed by atoms with van der Waals surface area (Å²) in [5.41, 5.74) is 0.708. The molecule has 0 heterocycles. The molecule has 0 aromatic heterocycles. The van der Waals surface area contributed by atoms with E-state index in [4.69, 9.17) is 0 Å². The van der Waals surface area contributed by atoms with Gasteiger partial charge in [-0.2, -0.15) is 8.42 Å². The summed E-state index contributed by atoms with van der Waals surface area (Å²) in [4.78, 5) is 0. The Morgan fingerprint density at radius 1 is 1.67 bits per heavy atom. The van der Waals surface area contributed by atoms with E-state index in [0.717, 1.165) is 0 Å². The van der Waals surface area contributed by atoms with Crippen molar-refractivity contribution in [2.45, 2.75) is 0 Å². The Hall–Kier alpha value is -0.350. The van der Waals surface area contributed by atoms with Gasteiger partial charge in [-0.3, -0.25) is 0 Å². The fraction of sp³-hybridized carbons (Fsp3) is 0.500. The van der Waals surface area contributed by atoms with Crippen molar-refractivity contribution in [3.05, 3.63) is 0 Å². The molecule has 0 aromatic rings. The molecule has 0 aromatic carbocycles. The molecule has 6 heavy (non-hydrogen) atoms. The third kappa shape index (κ3) is 3.65. The summed E-state index contributed by atoms with van der Waals surface area (Å²) in [6.07, 6.45) is 0. The van der Waals surface area contributed by atoms with E-state index >= 15 is 0 Å². The second-order valence-electron chi connectivity index (χ2n) is 0.592. The molecule has 0 N–H and O–H groups in total. The molecule has 3 nitrogen and oxygen atoms in total. The SMILES string of the molecule is COC=S(=O)=O. The first-order valence-corrected chi connectivity index (χ1v) is 2.35. The summed E-state index contributed by atoms with van der Waals surface area (Å²) in [5, 5.41) is 0. The largest absolute Gasteiger partial charge is 0.342 e. The second kappa shape index (κ2) is 2.87. The number of hydrogen-bond acceptors (Lipinski definition) is 3. The van der Waals surface area contributed by atoms with Gasteiger partial charge in [0, 0.05) is 7.11 Å². The quantitative estimate of drug-likeness (QED) is 0.416. The number of rotatable bonds is 1. The van der Waals surface area contributed by atoms with Crippen LogP contribution in [0.5, 0.6) is 0 Å². The first-order valence-electron chi connectivity index (χ1n) is 1.21. The zero-order chi connectivity index (χ0) is 4.99. The van der Waals surface area contributed by atoms with Gasteiger partial charge in [-0.15, -0.1) is 0 Å². The molecule has 36 valence electrons. The molecule has 0 spiro atoms. The molecule has 0 atom stereocenters. The molecule has 0 saturated heterocycles. The van der Waals surface area contributed by atoms with Gasteiger partial charge in [0.1, 0.15) is 0 Å². The lowest BCUT2D eigenvalue weighted by Gasteiger charge is -1.65. The third-order valence-corrected chi connectivity index (χ3v) is 0.524. The monoisotopic (exact) mass is 108 g/mol. The van der Waals surface area contributed by atoms with Gasteiger partial charge in [0.05, 0.1) is 0 Å². The van der Waals surface area contributed by atoms with Crippen LogP contribution in [0, 0.1) is 0 Å². The Balaban J connectivity index is 3.78. The highest BCUT2D eigenvalue weighted by Crippen LogP contribution is 1.43. The van der Waals surface area contributed by atoms with Crippen LogP contribution in [0.15, 0.2) is 0 Å². The normalized spacial score (nSPS) is 7.50. The van der Waals surface area contributed by atoms with E-state index in [0.29, 0.717) is 5.55 Å². The van der Waals surface area contributed by atoms with Crippen molar-refractivity contribution in [2.24, 2.45) is 0 Å². The molecule has 0 saturated carbocycles. The van der Waals surface area contributed by atoms with Gasteiger partial charge in [0.15, 0.2) is 5.55 Å². The highest BCUT2D eigenvalue weighted by molar-refractivity contribution is 7.71. The van der Waals surface area contributed by atoms with Gasteiger partial charge in [-0.25, -0.2) is 0 Å². The van der Waals surface area contributed by atoms with Gasteiger partial charge >= 0.3 is 0 Å². The predicted octanol–water partition coefficient (Wildman–Crippen LogP) is -0.728. The highest BCUT2D eigenvalue weighted by Gasteiger charge is 1.59. The van der Waals surface area contributed by atoms with Crippen molar-refractivity contribution in [1.82, 2.24) is 0 Å². The maximum absolute atomic E-state index is 9.42. The van der Waals surface area contributed by atoms with E-state index in [2.05, 4.69) is 4.74 Å². The van der Waals surface area contributed by atoms with E-state index in [1.807, 2.05) is 0 Å². The second-order valence-corrected chi connectivity index (χ2v) is 1.31. The van der Waals surface area contributed by atoms with Crippen LogP contribution >= 0.6 is 0 Å². The van der Waals surface area contributed by atoms with Crippen molar-refractivity contribution < 1.29 is 13.2 Å². The fourth-order valence-corrected chi connectivity index (χ4v) is 0.236. The summed E-state index contributed by atoms with van der Waals surface area (Å²) < 4.78 is 22.9. The summed E-state index contributed by atoms with van der Waals surface area (Å²) >= 11 is 0. The van der Waals surface area contributed by atoms with Gasteiger partial charge in [0.2, 0.25) is 10.3 Å². The van der Waals surface area contributed by atoms with Crippen LogP contribution in [-0.4, -0.2) is 21.1 Å². The molecule has 0 unspecified atom stereocenters. The molecular weight excluding hydrogens is 104 g/mol. The van der Waals surface area contributed by atoms with Crippen molar-refractivity contribution in [2.75, 3.05) is 7.11 Å². The van der Waals surface area contributed by atoms with Crippen molar-refractivity contribution in [1.29, 1.82) is 0 Å². The van der Waals surface area contributed by atoms with Crippen molar-refractivity contribution in [3.8, 4) is 0 Å². The Bertz CT molecular complexity index is 123. The predicted molar refractivity (Wildman–Crippen MR) is 22.0 cm³/mol. The molecule has 0 radical (unpaired) electrons. The van der Waals surface area contributed by atoms with Crippen LogP contribution in [0.3, 0.4) is 0 Å². The Morgan fingerprint density at radius 2 is 2.17 bits per heavy atom. The van der Waals surface area contributed by atoms with E-state index in [-0.39, 0.29) is 0 Å². The van der Waals surface area contributed by atoms with E-state index in [9.17, 15) is 8.42 Å².